The Morgan fingerprint density at radius 1 is 1.30 bits per heavy atom. The van der Waals surface area contributed by atoms with Gasteiger partial charge in [-0.1, -0.05) is 0 Å². The number of urea groups is 1. The molecule has 1 aromatic heterocycles. The van der Waals surface area contributed by atoms with E-state index in [2.05, 4.69) is 10.6 Å². The number of benzene rings is 1. The molecule has 20 heavy (non-hydrogen) atoms. The van der Waals surface area contributed by atoms with Crippen molar-refractivity contribution in [2.75, 3.05) is 11.9 Å². The highest BCUT2D eigenvalue weighted by Gasteiger charge is 2.10. The summed E-state index contributed by atoms with van der Waals surface area (Å²) in [6.07, 6.45) is -0.808. The average Bonchev–Trinajstić information content (AvgIpc) is 2.94. The van der Waals surface area contributed by atoms with Gasteiger partial charge in [0.15, 0.2) is 11.6 Å². The molecule has 2 aromatic rings. The van der Waals surface area contributed by atoms with Crippen LogP contribution in [0.15, 0.2) is 35.0 Å². The minimum absolute atomic E-state index is 0.0201. The number of hydrogen-bond acceptors (Lipinski definition) is 3. The first kappa shape index (κ1) is 14.4. The lowest BCUT2D eigenvalue weighted by Gasteiger charge is -2.11. The van der Waals surface area contributed by atoms with Crippen molar-refractivity contribution < 1.29 is 18.7 Å². The molecule has 0 fully saturated rings. The third-order valence-electron chi connectivity index (χ3n) is 2.56. The molecule has 7 heteroatoms. The number of carbonyl (C=O) groups excluding carboxylic acids is 1. The Morgan fingerprint density at radius 2 is 2.10 bits per heavy atom. The maximum absolute atomic E-state index is 12.9. The van der Waals surface area contributed by atoms with Gasteiger partial charge in [0.2, 0.25) is 0 Å². The van der Waals surface area contributed by atoms with E-state index in [0.717, 1.165) is 12.1 Å². The fourth-order valence-electron chi connectivity index (χ4n) is 1.52. The van der Waals surface area contributed by atoms with Crippen molar-refractivity contribution in [2.45, 2.75) is 6.10 Å². The van der Waals surface area contributed by atoms with Crippen LogP contribution in [-0.4, -0.2) is 17.7 Å². The van der Waals surface area contributed by atoms with E-state index in [-0.39, 0.29) is 12.2 Å². The zero-order valence-electron chi connectivity index (χ0n) is 10.3. The molecule has 0 bridgehead atoms. The molecule has 0 aliphatic heterocycles. The Labute approximate surface area is 118 Å². The van der Waals surface area contributed by atoms with Gasteiger partial charge >= 0.3 is 6.03 Å². The third-order valence-corrected chi connectivity index (χ3v) is 3.26. The first-order valence-corrected chi connectivity index (χ1v) is 6.70. The first-order chi connectivity index (χ1) is 9.56. The molecule has 0 spiro atoms. The number of aliphatic hydroxyl groups is 1. The molecule has 2 rings (SSSR count). The van der Waals surface area contributed by atoms with E-state index in [1.807, 2.05) is 5.38 Å². The van der Waals surface area contributed by atoms with Crippen LogP contribution in [0.2, 0.25) is 0 Å². The molecule has 1 aromatic carbocycles. The summed E-state index contributed by atoms with van der Waals surface area (Å²) < 4.78 is 25.7. The smallest absolute Gasteiger partial charge is 0.319 e. The number of anilines is 1. The van der Waals surface area contributed by atoms with Gasteiger partial charge < -0.3 is 15.7 Å². The summed E-state index contributed by atoms with van der Waals surface area (Å²) in [5.41, 5.74) is 0.842. The summed E-state index contributed by atoms with van der Waals surface area (Å²) in [6.45, 7) is 0.0201. The molecule has 0 saturated carbocycles. The lowest BCUT2D eigenvalue weighted by Crippen LogP contribution is -2.32. The summed E-state index contributed by atoms with van der Waals surface area (Å²) in [5.74, 6) is -2.02. The summed E-state index contributed by atoms with van der Waals surface area (Å²) in [6, 6.07) is 4.19. The summed E-state index contributed by atoms with van der Waals surface area (Å²) in [5, 5.41) is 18.1. The van der Waals surface area contributed by atoms with Gasteiger partial charge in [-0.05, 0) is 34.5 Å². The molecule has 106 valence electrons. The fourth-order valence-corrected chi connectivity index (χ4v) is 2.23. The summed E-state index contributed by atoms with van der Waals surface area (Å²) in [7, 11) is 0. The number of rotatable bonds is 4. The van der Waals surface area contributed by atoms with Gasteiger partial charge in [-0.25, -0.2) is 13.6 Å². The Balaban J connectivity index is 1.85. The number of amides is 2. The first-order valence-electron chi connectivity index (χ1n) is 5.76. The second-order valence-electron chi connectivity index (χ2n) is 4.04. The fraction of sp³-hybridized carbons (Fsp3) is 0.154. The molecule has 3 N–H and O–H groups in total. The van der Waals surface area contributed by atoms with Crippen LogP contribution in [0.5, 0.6) is 0 Å². The second-order valence-corrected chi connectivity index (χ2v) is 4.82. The topological polar surface area (TPSA) is 61.4 Å². The lowest BCUT2D eigenvalue weighted by molar-refractivity contribution is 0.175. The van der Waals surface area contributed by atoms with Crippen LogP contribution in [0.1, 0.15) is 11.7 Å². The van der Waals surface area contributed by atoms with Gasteiger partial charge in [-0.15, -0.1) is 0 Å². The number of aliphatic hydroxyl groups excluding tert-OH is 1. The zero-order chi connectivity index (χ0) is 14.5. The summed E-state index contributed by atoms with van der Waals surface area (Å²) >= 11 is 1.44. The van der Waals surface area contributed by atoms with E-state index in [1.165, 1.54) is 17.4 Å². The van der Waals surface area contributed by atoms with Crippen molar-refractivity contribution in [3.8, 4) is 0 Å². The molecule has 2 amide bonds. The quantitative estimate of drug-likeness (QED) is 0.813. The molecule has 4 nitrogen and oxygen atoms in total. The molecular formula is C13H12F2N2O2S. The minimum Gasteiger partial charge on any atom is -0.387 e. The van der Waals surface area contributed by atoms with Crippen molar-refractivity contribution in [3.63, 3.8) is 0 Å². The Morgan fingerprint density at radius 3 is 2.75 bits per heavy atom. The standard InChI is InChI=1S/C13H12F2N2O2S/c14-10-2-1-9(5-11(10)15)17-13(19)16-6-12(18)8-3-4-20-7-8/h1-5,7,12,18H,6H2,(H2,16,17,19). The highest BCUT2D eigenvalue weighted by Crippen LogP contribution is 2.15. The average molecular weight is 298 g/mol. The zero-order valence-corrected chi connectivity index (χ0v) is 11.1. The highest BCUT2D eigenvalue weighted by molar-refractivity contribution is 7.07. The van der Waals surface area contributed by atoms with Crippen LogP contribution in [0.25, 0.3) is 0 Å². The number of halogens is 2. The number of hydrogen-bond donors (Lipinski definition) is 3. The normalized spacial score (nSPS) is 11.9. The van der Waals surface area contributed by atoms with Crippen molar-refractivity contribution >= 4 is 23.1 Å². The Bertz CT molecular complexity index is 590. The molecule has 0 radical (unpaired) electrons. The third kappa shape index (κ3) is 3.75. The van der Waals surface area contributed by atoms with E-state index in [0.29, 0.717) is 5.56 Å². The second kappa shape index (κ2) is 6.44. The predicted octanol–water partition coefficient (Wildman–Crippen LogP) is 2.88. The number of thiophene rings is 1. The van der Waals surface area contributed by atoms with Crippen molar-refractivity contribution in [1.29, 1.82) is 0 Å². The molecule has 1 atom stereocenters. The molecule has 1 heterocycles. The van der Waals surface area contributed by atoms with Crippen LogP contribution in [0.4, 0.5) is 19.3 Å². The van der Waals surface area contributed by atoms with Gasteiger partial charge in [0.05, 0.1) is 6.10 Å². The van der Waals surface area contributed by atoms with Crippen molar-refractivity contribution in [1.82, 2.24) is 5.32 Å². The molecule has 0 aliphatic carbocycles. The van der Waals surface area contributed by atoms with E-state index in [4.69, 9.17) is 0 Å². The van der Waals surface area contributed by atoms with Crippen LogP contribution in [0, 0.1) is 11.6 Å². The van der Waals surface area contributed by atoms with E-state index < -0.39 is 23.8 Å². The largest absolute Gasteiger partial charge is 0.387 e. The maximum atomic E-state index is 12.9. The van der Waals surface area contributed by atoms with Crippen molar-refractivity contribution in [3.05, 3.63) is 52.2 Å². The van der Waals surface area contributed by atoms with E-state index >= 15 is 0 Å². The minimum atomic E-state index is -1.04. The van der Waals surface area contributed by atoms with Crippen LogP contribution in [-0.2, 0) is 0 Å². The van der Waals surface area contributed by atoms with Gasteiger partial charge in [-0.3, -0.25) is 0 Å². The molecule has 1 unspecified atom stereocenters. The molecule has 0 saturated heterocycles. The van der Waals surface area contributed by atoms with Crippen LogP contribution in [0.3, 0.4) is 0 Å². The predicted molar refractivity (Wildman–Crippen MR) is 72.7 cm³/mol. The van der Waals surface area contributed by atoms with E-state index in [9.17, 15) is 18.7 Å². The number of nitrogens with one attached hydrogen (secondary N) is 2. The van der Waals surface area contributed by atoms with E-state index in [1.54, 1.807) is 11.4 Å². The SMILES string of the molecule is O=C(NCC(O)c1ccsc1)Nc1ccc(F)c(F)c1. The highest BCUT2D eigenvalue weighted by atomic mass is 32.1. The molecular weight excluding hydrogens is 286 g/mol. The van der Waals surface area contributed by atoms with Gasteiger partial charge in [0, 0.05) is 18.3 Å². The maximum Gasteiger partial charge on any atom is 0.319 e. The molecule has 0 aliphatic rings. The van der Waals surface area contributed by atoms with Crippen molar-refractivity contribution in [2.24, 2.45) is 0 Å². The van der Waals surface area contributed by atoms with Crippen LogP contribution >= 0.6 is 11.3 Å². The van der Waals surface area contributed by atoms with Gasteiger partial charge in [-0.2, -0.15) is 11.3 Å². The van der Waals surface area contributed by atoms with Crippen LogP contribution < -0.4 is 10.6 Å². The lowest BCUT2D eigenvalue weighted by atomic mass is 10.2. The van der Waals surface area contributed by atoms with Gasteiger partial charge in [0.1, 0.15) is 0 Å². The summed E-state index contributed by atoms with van der Waals surface area (Å²) in [4.78, 5) is 11.5. The Hall–Kier alpha value is -1.99. The Kier molecular flexibility index (Phi) is 4.65. The number of carbonyl (C=O) groups is 1. The monoisotopic (exact) mass is 298 g/mol. The van der Waals surface area contributed by atoms with Gasteiger partial charge in [0.25, 0.3) is 0 Å².